The van der Waals surface area contributed by atoms with Gasteiger partial charge in [0.25, 0.3) is 0 Å². The molecule has 36 heavy (non-hydrogen) atoms. The van der Waals surface area contributed by atoms with Crippen LogP contribution >= 0.6 is 0 Å². The van der Waals surface area contributed by atoms with Crippen molar-refractivity contribution in [3.63, 3.8) is 0 Å². The van der Waals surface area contributed by atoms with Crippen molar-refractivity contribution in [2.75, 3.05) is 13.2 Å². The number of allylic oxidation sites excluding steroid dienone is 5. The van der Waals surface area contributed by atoms with Crippen molar-refractivity contribution in [2.45, 2.75) is 112 Å². The highest BCUT2D eigenvalue weighted by Gasteiger charge is 2.25. The molecule has 0 heterocycles. The number of hydrogen-bond acceptors (Lipinski definition) is 6. The van der Waals surface area contributed by atoms with Gasteiger partial charge in [-0.2, -0.15) is 0 Å². The fourth-order valence-electron chi connectivity index (χ4n) is 2.91. The lowest BCUT2D eigenvalue weighted by Crippen LogP contribution is -2.44. The number of unbranched alkanes of at least 4 members (excludes halogenated alkanes) is 1. The molecule has 0 aromatic heterocycles. The average Bonchev–Trinajstić information content (AvgIpc) is 2.72. The SMILES string of the molecule is C/C=C/C=C(\C)CC/C=C(\C)COC(=O)C(CCCCNC(=O)OC(C)(C)C)NC(=O)OC(C)(C)C. The smallest absolute Gasteiger partial charge is 0.408 e. The molecule has 2 amide bonds. The highest BCUT2D eigenvalue weighted by atomic mass is 16.6. The Hall–Kier alpha value is -2.77. The van der Waals surface area contributed by atoms with E-state index < -0.39 is 35.4 Å². The van der Waals surface area contributed by atoms with Crippen molar-refractivity contribution in [3.05, 3.63) is 35.5 Å². The summed E-state index contributed by atoms with van der Waals surface area (Å²) in [5.41, 5.74) is 0.969. The molecule has 0 saturated carbocycles. The molecule has 8 heteroatoms. The molecule has 0 spiro atoms. The molecular formula is C28H48N2O6. The van der Waals surface area contributed by atoms with Crippen molar-refractivity contribution in [2.24, 2.45) is 0 Å². The zero-order valence-corrected chi connectivity index (χ0v) is 23.8. The molecule has 0 aliphatic carbocycles. The van der Waals surface area contributed by atoms with Crippen molar-refractivity contribution in [1.82, 2.24) is 10.6 Å². The predicted octanol–water partition coefficient (Wildman–Crippen LogP) is 6.37. The fourth-order valence-corrected chi connectivity index (χ4v) is 2.91. The lowest BCUT2D eigenvalue weighted by atomic mass is 10.1. The van der Waals surface area contributed by atoms with E-state index in [9.17, 15) is 14.4 Å². The van der Waals surface area contributed by atoms with Crippen LogP contribution in [0, 0.1) is 0 Å². The number of alkyl carbamates (subject to hydrolysis) is 2. The summed E-state index contributed by atoms with van der Waals surface area (Å²) in [5, 5.41) is 5.31. The quantitative estimate of drug-likeness (QED) is 0.0985. The van der Waals surface area contributed by atoms with Crippen LogP contribution in [0.15, 0.2) is 35.5 Å². The Bertz CT molecular complexity index is 785. The number of ether oxygens (including phenoxy) is 3. The summed E-state index contributed by atoms with van der Waals surface area (Å²) in [6, 6.07) is -0.847. The van der Waals surface area contributed by atoms with Crippen molar-refractivity contribution in [1.29, 1.82) is 0 Å². The topological polar surface area (TPSA) is 103 Å². The van der Waals surface area contributed by atoms with Gasteiger partial charge < -0.3 is 24.8 Å². The van der Waals surface area contributed by atoms with E-state index in [2.05, 4.69) is 29.7 Å². The molecule has 2 N–H and O–H groups in total. The number of rotatable bonds is 13. The number of amides is 2. The largest absolute Gasteiger partial charge is 0.460 e. The first-order valence-corrected chi connectivity index (χ1v) is 12.7. The highest BCUT2D eigenvalue weighted by molar-refractivity contribution is 5.81. The average molecular weight is 509 g/mol. The summed E-state index contributed by atoms with van der Waals surface area (Å²) < 4.78 is 16.0. The second-order valence-electron chi connectivity index (χ2n) is 10.9. The van der Waals surface area contributed by atoms with Gasteiger partial charge in [0.1, 0.15) is 23.9 Å². The second kappa shape index (κ2) is 16.8. The third-order valence-corrected chi connectivity index (χ3v) is 4.61. The molecule has 0 aliphatic rings. The third kappa shape index (κ3) is 19.5. The van der Waals surface area contributed by atoms with Crippen LogP contribution < -0.4 is 10.6 Å². The minimum absolute atomic E-state index is 0.156. The Labute approximate surface area is 217 Å². The van der Waals surface area contributed by atoms with Crippen LogP contribution in [0.2, 0.25) is 0 Å². The van der Waals surface area contributed by atoms with E-state index in [-0.39, 0.29) is 6.61 Å². The summed E-state index contributed by atoms with van der Waals surface area (Å²) in [6.45, 7) is 17.2. The monoisotopic (exact) mass is 508 g/mol. The van der Waals surface area contributed by atoms with Crippen molar-refractivity contribution < 1.29 is 28.6 Å². The lowest BCUT2D eigenvalue weighted by Gasteiger charge is -2.23. The maximum atomic E-state index is 12.8. The van der Waals surface area contributed by atoms with Crippen LogP contribution in [0.3, 0.4) is 0 Å². The molecule has 0 aromatic carbocycles. The van der Waals surface area contributed by atoms with Gasteiger partial charge in [0.05, 0.1) is 0 Å². The highest BCUT2D eigenvalue weighted by Crippen LogP contribution is 2.11. The maximum Gasteiger partial charge on any atom is 0.408 e. The lowest BCUT2D eigenvalue weighted by molar-refractivity contribution is -0.145. The Kier molecular flexibility index (Phi) is 15.5. The van der Waals surface area contributed by atoms with E-state index in [1.807, 2.05) is 26.0 Å². The minimum Gasteiger partial charge on any atom is -0.460 e. The normalized spacial score (nSPS) is 13.8. The molecule has 0 saturated heterocycles. The molecule has 206 valence electrons. The zero-order chi connectivity index (χ0) is 27.8. The van der Waals surface area contributed by atoms with Crippen LogP contribution in [-0.4, -0.2) is 48.6 Å². The Morgan fingerprint density at radius 1 is 0.889 bits per heavy atom. The first-order valence-electron chi connectivity index (χ1n) is 12.7. The van der Waals surface area contributed by atoms with Gasteiger partial charge in [-0.25, -0.2) is 14.4 Å². The first kappa shape index (κ1) is 33.2. The van der Waals surface area contributed by atoms with Crippen LogP contribution in [0.5, 0.6) is 0 Å². The zero-order valence-electron chi connectivity index (χ0n) is 23.8. The van der Waals surface area contributed by atoms with E-state index in [1.54, 1.807) is 41.5 Å². The van der Waals surface area contributed by atoms with Crippen molar-refractivity contribution in [3.8, 4) is 0 Å². The van der Waals surface area contributed by atoms with Crippen LogP contribution in [0.25, 0.3) is 0 Å². The van der Waals surface area contributed by atoms with Gasteiger partial charge in [-0.05, 0) is 100.0 Å². The summed E-state index contributed by atoms with van der Waals surface area (Å²) in [6.07, 6.45) is 10.3. The summed E-state index contributed by atoms with van der Waals surface area (Å²) >= 11 is 0. The van der Waals surface area contributed by atoms with Crippen molar-refractivity contribution >= 4 is 18.2 Å². The molecule has 1 atom stereocenters. The van der Waals surface area contributed by atoms with E-state index in [0.717, 1.165) is 18.4 Å². The summed E-state index contributed by atoms with van der Waals surface area (Å²) in [4.78, 5) is 36.8. The maximum absolute atomic E-state index is 12.8. The molecule has 0 bridgehead atoms. The summed E-state index contributed by atoms with van der Waals surface area (Å²) in [7, 11) is 0. The van der Waals surface area contributed by atoms with E-state index in [0.29, 0.717) is 25.8 Å². The van der Waals surface area contributed by atoms with E-state index >= 15 is 0 Å². The molecule has 0 fully saturated rings. The molecular weight excluding hydrogens is 460 g/mol. The van der Waals surface area contributed by atoms with Gasteiger partial charge in [-0.1, -0.05) is 29.9 Å². The van der Waals surface area contributed by atoms with Gasteiger partial charge >= 0.3 is 18.2 Å². The molecule has 0 rings (SSSR count). The minimum atomic E-state index is -0.847. The third-order valence-electron chi connectivity index (χ3n) is 4.61. The fraction of sp³-hybridized carbons (Fsp3) is 0.679. The number of hydrogen-bond donors (Lipinski definition) is 2. The number of carbonyl (C=O) groups excluding carboxylic acids is 3. The Morgan fingerprint density at radius 2 is 1.50 bits per heavy atom. The Balaban J connectivity index is 4.80. The van der Waals surface area contributed by atoms with E-state index in [4.69, 9.17) is 14.2 Å². The predicted molar refractivity (Wildman–Crippen MR) is 144 cm³/mol. The first-order chi connectivity index (χ1) is 16.6. The standard InChI is InChI=1S/C28H48N2O6/c1-10-11-15-21(2)16-14-17-22(3)20-34-24(31)23(30-26(33)36-28(7,8)9)18-12-13-19-29-25(32)35-27(4,5)6/h10-11,15,17,23H,12-14,16,18-20H2,1-9H3,(H,29,32)(H,30,33)/b11-10+,21-15+,22-17+. The van der Waals surface area contributed by atoms with E-state index in [1.165, 1.54) is 5.57 Å². The number of carbonyl (C=O) groups is 3. The van der Waals surface area contributed by atoms with Gasteiger partial charge in [0.2, 0.25) is 0 Å². The molecule has 1 unspecified atom stereocenters. The van der Waals surface area contributed by atoms with Crippen LogP contribution in [0.4, 0.5) is 9.59 Å². The Morgan fingerprint density at radius 3 is 2.08 bits per heavy atom. The van der Waals surface area contributed by atoms with Crippen LogP contribution in [-0.2, 0) is 19.0 Å². The van der Waals surface area contributed by atoms with Gasteiger partial charge in [-0.3, -0.25) is 0 Å². The van der Waals surface area contributed by atoms with Gasteiger partial charge in [-0.15, -0.1) is 0 Å². The second-order valence-corrected chi connectivity index (χ2v) is 10.9. The number of nitrogens with one attached hydrogen (secondary N) is 2. The van der Waals surface area contributed by atoms with Gasteiger partial charge in [0, 0.05) is 6.54 Å². The molecule has 8 nitrogen and oxygen atoms in total. The molecule has 0 radical (unpaired) electrons. The van der Waals surface area contributed by atoms with Gasteiger partial charge in [0.15, 0.2) is 0 Å². The van der Waals surface area contributed by atoms with Crippen LogP contribution in [0.1, 0.15) is 94.4 Å². The molecule has 0 aliphatic heterocycles. The number of esters is 1. The summed E-state index contributed by atoms with van der Waals surface area (Å²) in [5.74, 6) is -0.516. The molecule has 0 aromatic rings.